The van der Waals surface area contributed by atoms with Gasteiger partial charge in [0, 0.05) is 21.7 Å². The lowest BCUT2D eigenvalue weighted by Gasteiger charge is -2.09. The number of amides is 1. The number of anilines is 1. The van der Waals surface area contributed by atoms with Gasteiger partial charge in [0.05, 0.1) is 27.9 Å². The lowest BCUT2D eigenvalue weighted by molar-refractivity contribution is -0.116. The van der Waals surface area contributed by atoms with Gasteiger partial charge < -0.3 is 5.32 Å². The molecule has 28 heavy (non-hydrogen) atoms. The molecule has 0 aliphatic carbocycles. The van der Waals surface area contributed by atoms with Gasteiger partial charge in [-0.3, -0.25) is 14.2 Å². The van der Waals surface area contributed by atoms with Gasteiger partial charge in [0.1, 0.15) is 6.54 Å². The average molecular weight is 411 g/mol. The standard InChI is InChI=1S/C20H15ClN4O2S/c1-12-23-18(10-28-12)13-3-2-4-15(7-13)24-19(26)9-25-11-22-17-6-5-14(21)8-16(17)20(25)27/h2-8,10-11H,9H2,1H3,(H,24,26). The van der Waals surface area contributed by atoms with E-state index in [9.17, 15) is 9.59 Å². The number of carbonyl (C=O) groups excluding carboxylic acids is 1. The fourth-order valence-corrected chi connectivity index (χ4v) is 3.65. The first kappa shape index (κ1) is 18.3. The first-order valence-electron chi connectivity index (χ1n) is 8.47. The zero-order valence-electron chi connectivity index (χ0n) is 14.8. The Bertz CT molecular complexity index is 1250. The maximum atomic E-state index is 12.6. The molecule has 0 aliphatic heterocycles. The summed E-state index contributed by atoms with van der Waals surface area (Å²) in [5.74, 6) is -0.322. The van der Waals surface area contributed by atoms with Crippen molar-refractivity contribution in [3.63, 3.8) is 0 Å². The van der Waals surface area contributed by atoms with E-state index in [1.54, 1.807) is 35.6 Å². The highest BCUT2D eigenvalue weighted by molar-refractivity contribution is 7.09. The van der Waals surface area contributed by atoms with Crippen LogP contribution in [0.25, 0.3) is 22.2 Å². The number of nitrogens with zero attached hydrogens (tertiary/aromatic N) is 3. The summed E-state index contributed by atoms with van der Waals surface area (Å²) in [6.07, 6.45) is 1.37. The number of hydrogen-bond donors (Lipinski definition) is 1. The van der Waals surface area contributed by atoms with Gasteiger partial charge in [0.15, 0.2) is 0 Å². The summed E-state index contributed by atoms with van der Waals surface area (Å²) in [5, 5.41) is 6.60. The Morgan fingerprint density at radius 1 is 1.25 bits per heavy atom. The highest BCUT2D eigenvalue weighted by Gasteiger charge is 2.10. The number of fused-ring (bicyclic) bond motifs is 1. The molecule has 0 radical (unpaired) electrons. The fourth-order valence-electron chi connectivity index (χ4n) is 2.85. The Labute approximate surface area is 169 Å². The predicted molar refractivity (Wildman–Crippen MR) is 112 cm³/mol. The quantitative estimate of drug-likeness (QED) is 0.549. The van der Waals surface area contributed by atoms with Crippen molar-refractivity contribution < 1.29 is 4.79 Å². The summed E-state index contributed by atoms with van der Waals surface area (Å²) >= 11 is 7.53. The molecule has 1 amide bonds. The van der Waals surface area contributed by atoms with Crippen LogP contribution in [0.3, 0.4) is 0 Å². The maximum Gasteiger partial charge on any atom is 0.261 e. The second kappa shape index (κ2) is 7.53. The molecule has 8 heteroatoms. The number of rotatable bonds is 4. The van der Waals surface area contributed by atoms with Crippen LogP contribution in [-0.4, -0.2) is 20.4 Å². The van der Waals surface area contributed by atoms with Gasteiger partial charge in [-0.05, 0) is 37.3 Å². The van der Waals surface area contributed by atoms with E-state index in [0.29, 0.717) is 21.6 Å². The summed E-state index contributed by atoms with van der Waals surface area (Å²) in [6.45, 7) is 1.80. The molecule has 0 aliphatic rings. The van der Waals surface area contributed by atoms with E-state index in [2.05, 4.69) is 15.3 Å². The predicted octanol–water partition coefficient (Wildman–Crippen LogP) is 4.12. The first-order valence-corrected chi connectivity index (χ1v) is 9.72. The van der Waals surface area contributed by atoms with Crippen molar-refractivity contribution in [3.8, 4) is 11.3 Å². The molecule has 4 rings (SSSR count). The minimum absolute atomic E-state index is 0.145. The van der Waals surface area contributed by atoms with Gasteiger partial charge >= 0.3 is 0 Å². The lowest BCUT2D eigenvalue weighted by atomic mass is 10.1. The van der Waals surface area contributed by atoms with Gasteiger partial charge in [-0.1, -0.05) is 23.7 Å². The Morgan fingerprint density at radius 3 is 2.89 bits per heavy atom. The molecule has 6 nitrogen and oxygen atoms in total. The van der Waals surface area contributed by atoms with Crippen LogP contribution in [0.1, 0.15) is 5.01 Å². The molecular weight excluding hydrogens is 396 g/mol. The zero-order chi connectivity index (χ0) is 19.7. The van der Waals surface area contributed by atoms with Crippen molar-refractivity contribution in [1.82, 2.24) is 14.5 Å². The van der Waals surface area contributed by atoms with E-state index in [1.165, 1.54) is 10.9 Å². The second-order valence-corrected chi connectivity index (χ2v) is 7.72. The zero-order valence-corrected chi connectivity index (χ0v) is 16.4. The third-order valence-electron chi connectivity index (χ3n) is 4.16. The Balaban J connectivity index is 1.54. The normalized spacial score (nSPS) is 10.9. The van der Waals surface area contributed by atoms with E-state index >= 15 is 0 Å². The number of benzene rings is 2. The molecule has 0 unspecified atom stereocenters. The molecule has 2 aromatic carbocycles. The minimum atomic E-state index is -0.322. The summed E-state index contributed by atoms with van der Waals surface area (Å²) < 4.78 is 1.27. The van der Waals surface area contributed by atoms with Crippen LogP contribution in [0.15, 0.2) is 59.0 Å². The van der Waals surface area contributed by atoms with E-state index in [1.807, 2.05) is 30.5 Å². The number of thiazole rings is 1. The molecule has 0 saturated heterocycles. The summed E-state index contributed by atoms with van der Waals surface area (Å²) in [4.78, 5) is 33.7. The average Bonchev–Trinajstić information content (AvgIpc) is 3.11. The smallest absolute Gasteiger partial charge is 0.261 e. The van der Waals surface area contributed by atoms with E-state index in [-0.39, 0.29) is 18.0 Å². The largest absolute Gasteiger partial charge is 0.325 e. The minimum Gasteiger partial charge on any atom is -0.325 e. The van der Waals surface area contributed by atoms with E-state index in [4.69, 9.17) is 11.6 Å². The highest BCUT2D eigenvalue weighted by atomic mass is 35.5. The summed E-state index contributed by atoms with van der Waals surface area (Å²) in [7, 11) is 0. The fraction of sp³-hybridized carbons (Fsp3) is 0.100. The molecule has 0 bridgehead atoms. The van der Waals surface area contributed by atoms with Crippen LogP contribution >= 0.6 is 22.9 Å². The molecule has 140 valence electrons. The van der Waals surface area contributed by atoms with Gasteiger partial charge in [0.25, 0.3) is 5.56 Å². The molecule has 2 aromatic heterocycles. The van der Waals surface area contributed by atoms with Crippen molar-refractivity contribution >= 4 is 45.4 Å². The topological polar surface area (TPSA) is 76.9 Å². The van der Waals surface area contributed by atoms with Crippen LogP contribution in [0.2, 0.25) is 5.02 Å². The van der Waals surface area contributed by atoms with Gasteiger partial charge in [0.2, 0.25) is 5.91 Å². The molecule has 4 aromatic rings. The number of aromatic nitrogens is 3. The second-order valence-electron chi connectivity index (χ2n) is 6.22. The van der Waals surface area contributed by atoms with Gasteiger partial charge in [-0.15, -0.1) is 11.3 Å². The number of hydrogen-bond acceptors (Lipinski definition) is 5. The number of carbonyl (C=O) groups is 1. The molecule has 1 N–H and O–H groups in total. The van der Waals surface area contributed by atoms with E-state index in [0.717, 1.165) is 16.3 Å². The third kappa shape index (κ3) is 3.81. The van der Waals surface area contributed by atoms with Crippen molar-refractivity contribution in [2.45, 2.75) is 13.5 Å². The van der Waals surface area contributed by atoms with Gasteiger partial charge in [-0.2, -0.15) is 0 Å². The number of aryl methyl sites for hydroxylation is 1. The molecule has 0 spiro atoms. The van der Waals surface area contributed by atoms with Crippen molar-refractivity contribution in [2.75, 3.05) is 5.32 Å². The summed E-state index contributed by atoms with van der Waals surface area (Å²) in [5.41, 5.74) is 2.65. The van der Waals surface area contributed by atoms with Crippen molar-refractivity contribution in [3.05, 3.63) is 74.6 Å². The highest BCUT2D eigenvalue weighted by Crippen LogP contribution is 2.24. The van der Waals surface area contributed by atoms with Crippen LogP contribution in [0.4, 0.5) is 5.69 Å². The Morgan fingerprint density at radius 2 is 2.11 bits per heavy atom. The molecule has 0 atom stereocenters. The Hall–Kier alpha value is -3.03. The van der Waals surface area contributed by atoms with Gasteiger partial charge in [-0.25, -0.2) is 9.97 Å². The van der Waals surface area contributed by atoms with Crippen LogP contribution in [0.5, 0.6) is 0 Å². The molecule has 0 fully saturated rings. The van der Waals surface area contributed by atoms with Crippen molar-refractivity contribution in [2.24, 2.45) is 0 Å². The number of nitrogens with one attached hydrogen (secondary N) is 1. The van der Waals surface area contributed by atoms with Crippen molar-refractivity contribution in [1.29, 1.82) is 0 Å². The maximum absolute atomic E-state index is 12.6. The molecule has 0 saturated carbocycles. The molecular formula is C20H15ClN4O2S. The monoisotopic (exact) mass is 410 g/mol. The van der Waals surface area contributed by atoms with Crippen LogP contribution in [0, 0.1) is 6.92 Å². The summed E-state index contributed by atoms with van der Waals surface area (Å²) in [6, 6.07) is 12.3. The van der Waals surface area contributed by atoms with E-state index < -0.39 is 0 Å². The SMILES string of the molecule is Cc1nc(-c2cccc(NC(=O)Cn3cnc4ccc(Cl)cc4c3=O)c2)cs1. The lowest BCUT2D eigenvalue weighted by Crippen LogP contribution is -2.27. The van der Waals surface area contributed by atoms with Crippen LogP contribution in [-0.2, 0) is 11.3 Å². The molecule has 2 heterocycles. The van der Waals surface area contributed by atoms with Crippen LogP contribution < -0.4 is 10.9 Å². The Kier molecular flexibility index (Phi) is 4.93. The third-order valence-corrected chi connectivity index (χ3v) is 5.17. The number of halogens is 1. The first-order chi connectivity index (χ1) is 13.5.